The van der Waals surface area contributed by atoms with Crippen LogP contribution in [0.5, 0.6) is 0 Å². The number of hydrogen-bond donors (Lipinski definition) is 0. The van der Waals surface area contributed by atoms with Gasteiger partial charge < -0.3 is 0 Å². The van der Waals surface area contributed by atoms with Gasteiger partial charge in [-0.2, -0.15) is 0 Å². The van der Waals surface area contributed by atoms with Crippen LogP contribution in [-0.2, 0) is 23.6 Å². The van der Waals surface area contributed by atoms with Crippen LogP contribution in [0.1, 0.15) is 23.3 Å². The smallest absolute Gasteiger partial charge is 0.226 e. The van der Waals surface area contributed by atoms with Crippen LogP contribution in [0, 0.1) is 0 Å². The highest BCUT2D eigenvalue weighted by molar-refractivity contribution is 7.84. The van der Waals surface area contributed by atoms with E-state index in [9.17, 15) is 4.21 Å². The lowest BCUT2D eigenvalue weighted by Gasteiger charge is -2.13. The normalized spacial score (nSPS) is 15.0. The Morgan fingerprint density at radius 2 is 2.11 bits per heavy atom. The average molecular weight is 397 g/mol. The molecule has 27 heavy (non-hydrogen) atoms. The van der Waals surface area contributed by atoms with Gasteiger partial charge in [0.1, 0.15) is 11.2 Å². The number of aryl methyl sites for hydroxylation is 2. The minimum absolute atomic E-state index is 0.392. The Hall–Kier alpha value is -2.52. The van der Waals surface area contributed by atoms with E-state index in [2.05, 4.69) is 15.2 Å². The molecule has 1 atom stereocenters. The number of nitrogens with zero attached hydrogens (tertiary/aromatic N) is 6. The maximum atomic E-state index is 12.2. The number of hydrogen-bond acceptors (Lipinski definition) is 7. The topological polar surface area (TPSA) is 86.5 Å². The van der Waals surface area contributed by atoms with Crippen molar-refractivity contribution >= 4 is 32.4 Å². The largest absolute Gasteiger partial charge is 0.264 e. The van der Waals surface area contributed by atoms with Crippen molar-refractivity contribution < 1.29 is 4.21 Å². The third-order valence-corrected chi connectivity index (χ3v) is 6.70. The first kappa shape index (κ1) is 16.6. The fourth-order valence-corrected chi connectivity index (χ4v) is 5.33. The van der Waals surface area contributed by atoms with Crippen LogP contribution in [0.4, 0.5) is 0 Å². The zero-order valence-corrected chi connectivity index (χ0v) is 16.3. The van der Waals surface area contributed by atoms with Crippen molar-refractivity contribution in [3.05, 3.63) is 41.3 Å². The standard InChI is InChI=1S/C18H16N6OS2/c1-27(25)18-23-20-10-24(18)16-14-12-6-2-3-7-13(12)26-17(14)22-15(21-16)11-5-4-8-19-9-11/h4-5,8-10H,2-3,6-7H2,1H3. The lowest BCUT2D eigenvalue weighted by Crippen LogP contribution is -2.07. The quantitative estimate of drug-likeness (QED) is 0.529. The van der Waals surface area contributed by atoms with Crippen molar-refractivity contribution in [3.8, 4) is 17.2 Å². The predicted molar refractivity (Wildman–Crippen MR) is 105 cm³/mol. The summed E-state index contributed by atoms with van der Waals surface area (Å²) in [5.74, 6) is 1.30. The van der Waals surface area contributed by atoms with Crippen molar-refractivity contribution in [2.75, 3.05) is 6.26 Å². The summed E-state index contributed by atoms with van der Waals surface area (Å²) in [6.07, 6.45) is 11.1. The molecule has 0 aromatic carbocycles. The molecule has 136 valence electrons. The van der Waals surface area contributed by atoms with E-state index < -0.39 is 10.8 Å². The molecule has 0 fully saturated rings. The maximum Gasteiger partial charge on any atom is 0.226 e. The molecule has 0 amide bonds. The second-order valence-corrected chi connectivity index (χ2v) is 8.80. The highest BCUT2D eigenvalue weighted by Gasteiger charge is 2.24. The molecule has 5 rings (SSSR count). The first-order chi connectivity index (χ1) is 13.2. The summed E-state index contributed by atoms with van der Waals surface area (Å²) in [5, 5.41) is 9.44. The monoisotopic (exact) mass is 396 g/mol. The number of rotatable bonds is 3. The predicted octanol–water partition coefficient (Wildman–Crippen LogP) is 2.95. The molecule has 9 heteroatoms. The molecular formula is C18H16N6OS2. The summed E-state index contributed by atoms with van der Waals surface area (Å²) in [5.41, 5.74) is 2.16. The molecule has 1 unspecified atom stereocenters. The van der Waals surface area contributed by atoms with Crippen molar-refractivity contribution in [1.82, 2.24) is 29.7 Å². The molecule has 0 saturated carbocycles. The summed E-state index contributed by atoms with van der Waals surface area (Å²) in [6.45, 7) is 0. The van der Waals surface area contributed by atoms with Gasteiger partial charge in [0.15, 0.2) is 11.6 Å². The van der Waals surface area contributed by atoms with Crippen LogP contribution >= 0.6 is 11.3 Å². The van der Waals surface area contributed by atoms with E-state index in [0.29, 0.717) is 16.8 Å². The van der Waals surface area contributed by atoms with Crippen LogP contribution in [0.15, 0.2) is 36.0 Å². The minimum atomic E-state index is -1.27. The molecule has 4 aromatic rings. The number of aromatic nitrogens is 6. The Balaban J connectivity index is 1.84. The number of thiophene rings is 1. The summed E-state index contributed by atoms with van der Waals surface area (Å²) in [7, 11) is -1.27. The van der Waals surface area contributed by atoms with Gasteiger partial charge in [0.2, 0.25) is 5.16 Å². The van der Waals surface area contributed by atoms with E-state index in [1.54, 1.807) is 40.9 Å². The third kappa shape index (κ3) is 2.78. The molecule has 0 radical (unpaired) electrons. The van der Waals surface area contributed by atoms with E-state index in [1.165, 1.54) is 16.9 Å². The molecule has 0 aliphatic heterocycles. The second kappa shape index (κ2) is 6.58. The molecule has 1 aliphatic carbocycles. The first-order valence-electron chi connectivity index (χ1n) is 8.69. The van der Waals surface area contributed by atoms with Crippen LogP contribution in [0.3, 0.4) is 0 Å². The molecule has 1 aliphatic rings. The molecule has 0 bridgehead atoms. The Morgan fingerprint density at radius 1 is 1.22 bits per heavy atom. The first-order valence-corrected chi connectivity index (χ1v) is 11.1. The van der Waals surface area contributed by atoms with Gasteiger partial charge in [-0.25, -0.2) is 9.97 Å². The fourth-order valence-electron chi connectivity index (χ4n) is 3.50. The molecule has 0 N–H and O–H groups in total. The SMILES string of the molecule is CS(=O)c1nncn1-c1nc(-c2cccnc2)nc2sc3c(c12)CCCC3. The zero-order valence-electron chi connectivity index (χ0n) is 14.6. The molecule has 0 saturated heterocycles. The fraction of sp³-hybridized carbons (Fsp3) is 0.278. The summed E-state index contributed by atoms with van der Waals surface area (Å²) in [4.78, 5) is 16.2. The lowest BCUT2D eigenvalue weighted by atomic mass is 9.97. The van der Waals surface area contributed by atoms with Crippen LogP contribution in [0.25, 0.3) is 27.4 Å². The molecular weight excluding hydrogens is 380 g/mol. The van der Waals surface area contributed by atoms with Gasteiger partial charge in [0.25, 0.3) is 0 Å². The van der Waals surface area contributed by atoms with E-state index in [4.69, 9.17) is 9.97 Å². The van der Waals surface area contributed by atoms with Gasteiger partial charge >= 0.3 is 0 Å². The van der Waals surface area contributed by atoms with E-state index >= 15 is 0 Å². The highest BCUT2D eigenvalue weighted by Crippen LogP contribution is 2.39. The van der Waals surface area contributed by atoms with Crippen molar-refractivity contribution in [2.24, 2.45) is 0 Å². The Labute approximate surface area is 162 Å². The van der Waals surface area contributed by atoms with Crippen molar-refractivity contribution in [2.45, 2.75) is 30.8 Å². The highest BCUT2D eigenvalue weighted by atomic mass is 32.2. The Morgan fingerprint density at radius 3 is 2.93 bits per heavy atom. The van der Waals surface area contributed by atoms with Crippen LogP contribution in [-0.4, -0.2) is 40.2 Å². The van der Waals surface area contributed by atoms with E-state index in [1.807, 2.05) is 12.1 Å². The Bertz CT molecular complexity index is 1170. The van der Waals surface area contributed by atoms with Gasteiger partial charge in [-0.3, -0.25) is 13.8 Å². The van der Waals surface area contributed by atoms with Crippen molar-refractivity contribution in [3.63, 3.8) is 0 Å². The van der Waals surface area contributed by atoms with Gasteiger partial charge in [0, 0.05) is 29.1 Å². The summed E-state index contributed by atoms with van der Waals surface area (Å²) in [6, 6.07) is 3.81. The van der Waals surface area contributed by atoms with E-state index in [-0.39, 0.29) is 0 Å². The molecule has 0 spiro atoms. The minimum Gasteiger partial charge on any atom is -0.264 e. The van der Waals surface area contributed by atoms with Gasteiger partial charge in [-0.05, 0) is 43.4 Å². The van der Waals surface area contributed by atoms with Crippen LogP contribution < -0.4 is 0 Å². The Kier molecular flexibility index (Phi) is 4.05. The van der Waals surface area contributed by atoms with Gasteiger partial charge in [-0.1, -0.05) is 0 Å². The third-order valence-electron chi connectivity index (χ3n) is 4.72. The van der Waals surface area contributed by atoms with Gasteiger partial charge in [0.05, 0.1) is 16.2 Å². The summed E-state index contributed by atoms with van der Waals surface area (Å²) < 4.78 is 13.9. The van der Waals surface area contributed by atoms with Crippen LogP contribution in [0.2, 0.25) is 0 Å². The molecule has 7 nitrogen and oxygen atoms in total. The average Bonchev–Trinajstić information content (AvgIpc) is 3.32. The van der Waals surface area contributed by atoms with Gasteiger partial charge in [-0.15, -0.1) is 21.5 Å². The molecule has 4 aromatic heterocycles. The maximum absolute atomic E-state index is 12.2. The number of pyridine rings is 1. The number of fused-ring (bicyclic) bond motifs is 3. The lowest BCUT2D eigenvalue weighted by molar-refractivity contribution is 0.675. The summed E-state index contributed by atoms with van der Waals surface area (Å²) >= 11 is 1.73. The van der Waals surface area contributed by atoms with Crippen molar-refractivity contribution in [1.29, 1.82) is 0 Å². The zero-order chi connectivity index (χ0) is 18.4. The van der Waals surface area contributed by atoms with E-state index in [0.717, 1.165) is 35.0 Å². The molecule has 4 heterocycles. The second-order valence-electron chi connectivity index (χ2n) is 6.44.